The van der Waals surface area contributed by atoms with Gasteiger partial charge in [-0.25, -0.2) is 0 Å². The first-order valence-corrected chi connectivity index (χ1v) is 7.91. The van der Waals surface area contributed by atoms with Crippen LogP contribution in [0.2, 0.25) is 5.02 Å². The maximum atomic E-state index is 6.05. The van der Waals surface area contributed by atoms with Gasteiger partial charge in [-0.2, -0.15) is 0 Å². The fourth-order valence-corrected chi connectivity index (χ4v) is 2.57. The van der Waals surface area contributed by atoms with Crippen LogP contribution in [0.15, 0.2) is 51.8 Å². The van der Waals surface area contributed by atoms with Gasteiger partial charge in [0.1, 0.15) is 0 Å². The summed E-state index contributed by atoms with van der Waals surface area (Å²) in [5.74, 6) is 0. The Morgan fingerprint density at radius 3 is 2.56 bits per heavy atom. The van der Waals surface area contributed by atoms with Crippen molar-refractivity contribution in [1.29, 1.82) is 0 Å². The molecule has 18 heavy (non-hydrogen) atoms. The maximum absolute atomic E-state index is 6.05. The van der Waals surface area contributed by atoms with Crippen molar-refractivity contribution >= 4 is 45.0 Å². The van der Waals surface area contributed by atoms with Crippen LogP contribution in [0.25, 0.3) is 0 Å². The highest BCUT2D eigenvalue weighted by molar-refractivity contribution is 9.10. The molecule has 0 aliphatic heterocycles. The number of thioether (sulfide) groups is 1. The lowest BCUT2D eigenvalue weighted by Gasteiger charge is -2.09. The monoisotopic (exact) mass is 341 g/mol. The van der Waals surface area contributed by atoms with E-state index in [4.69, 9.17) is 11.6 Å². The highest BCUT2D eigenvalue weighted by atomic mass is 79.9. The molecule has 1 nitrogen and oxygen atoms in total. The first kappa shape index (κ1) is 13.8. The normalized spacial score (nSPS) is 10.4. The van der Waals surface area contributed by atoms with E-state index in [1.54, 1.807) is 11.8 Å². The summed E-state index contributed by atoms with van der Waals surface area (Å²) in [6.45, 7) is 0.785. The minimum absolute atomic E-state index is 0.720. The van der Waals surface area contributed by atoms with Gasteiger partial charge in [-0.3, -0.25) is 0 Å². The molecule has 0 heterocycles. The quantitative estimate of drug-likeness (QED) is 0.743. The van der Waals surface area contributed by atoms with Crippen LogP contribution >= 0.6 is 39.3 Å². The van der Waals surface area contributed by atoms with Crippen molar-refractivity contribution in [1.82, 2.24) is 0 Å². The van der Waals surface area contributed by atoms with Gasteiger partial charge < -0.3 is 5.32 Å². The van der Waals surface area contributed by atoms with Crippen molar-refractivity contribution in [3.8, 4) is 0 Å². The van der Waals surface area contributed by atoms with Gasteiger partial charge in [0.05, 0.1) is 15.2 Å². The Balaban J connectivity index is 2.04. The van der Waals surface area contributed by atoms with Gasteiger partial charge in [-0.1, -0.05) is 29.8 Å². The van der Waals surface area contributed by atoms with Crippen LogP contribution in [-0.2, 0) is 6.54 Å². The van der Waals surface area contributed by atoms with Gasteiger partial charge in [0.25, 0.3) is 0 Å². The second kappa shape index (κ2) is 6.50. The van der Waals surface area contributed by atoms with Crippen molar-refractivity contribution in [2.24, 2.45) is 0 Å². The van der Waals surface area contributed by atoms with Gasteiger partial charge >= 0.3 is 0 Å². The number of benzene rings is 2. The Bertz CT molecular complexity index is 528. The topological polar surface area (TPSA) is 12.0 Å². The van der Waals surface area contributed by atoms with Crippen LogP contribution in [0, 0.1) is 0 Å². The summed E-state index contributed by atoms with van der Waals surface area (Å²) < 4.78 is 0.910. The average molecular weight is 343 g/mol. The minimum Gasteiger partial charge on any atom is -0.380 e. The Labute approximate surface area is 125 Å². The Morgan fingerprint density at radius 2 is 1.89 bits per heavy atom. The molecule has 0 fully saturated rings. The van der Waals surface area contributed by atoms with E-state index < -0.39 is 0 Å². The molecule has 1 N–H and O–H groups in total. The molecule has 0 saturated heterocycles. The highest BCUT2D eigenvalue weighted by Gasteiger charge is 2.03. The van der Waals surface area contributed by atoms with E-state index in [-0.39, 0.29) is 0 Å². The third-order valence-electron chi connectivity index (χ3n) is 2.59. The standard InChI is InChI=1S/C14H13BrClNS/c1-18-11-7-5-10(6-8-11)9-17-13-4-2-3-12(16)14(13)15/h2-8,17H,9H2,1H3. The van der Waals surface area contributed by atoms with Gasteiger partial charge in [0.15, 0.2) is 0 Å². The molecule has 0 aromatic heterocycles. The van der Waals surface area contributed by atoms with E-state index >= 15 is 0 Å². The second-order valence-electron chi connectivity index (χ2n) is 3.80. The van der Waals surface area contributed by atoms with Gasteiger partial charge in [0.2, 0.25) is 0 Å². The van der Waals surface area contributed by atoms with Crippen LogP contribution in [-0.4, -0.2) is 6.26 Å². The van der Waals surface area contributed by atoms with Crippen LogP contribution in [0.3, 0.4) is 0 Å². The molecule has 0 radical (unpaired) electrons. The molecule has 2 rings (SSSR count). The largest absolute Gasteiger partial charge is 0.380 e. The lowest BCUT2D eigenvalue weighted by molar-refractivity contribution is 1.14. The molecule has 2 aromatic rings. The third kappa shape index (κ3) is 3.44. The molecule has 0 bridgehead atoms. The first-order valence-electron chi connectivity index (χ1n) is 5.51. The van der Waals surface area contributed by atoms with Crippen LogP contribution in [0.5, 0.6) is 0 Å². The van der Waals surface area contributed by atoms with Crippen molar-refractivity contribution in [3.63, 3.8) is 0 Å². The molecular weight excluding hydrogens is 330 g/mol. The zero-order chi connectivity index (χ0) is 13.0. The van der Waals surface area contributed by atoms with Gasteiger partial charge in [-0.05, 0) is 52.0 Å². The first-order chi connectivity index (χ1) is 8.70. The average Bonchev–Trinajstić information content (AvgIpc) is 2.41. The van der Waals surface area contributed by atoms with Gasteiger partial charge in [0, 0.05) is 11.4 Å². The molecule has 0 aliphatic rings. The summed E-state index contributed by atoms with van der Waals surface area (Å²) in [5.41, 5.74) is 2.26. The summed E-state index contributed by atoms with van der Waals surface area (Å²) in [5, 5.41) is 4.09. The molecule has 0 amide bonds. The Kier molecular flexibility index (Phi) is 4.98. The summed E-state index contributed by atoms with van der Waals surface area (Å²) in [6, 6.07) is 14.3. The number of anilines is 1. The number of nitrogens with one attached hydrogen (secondary N) is 1. The van der Waals surface area contributed by atoms with Crippen molar-refractivity contribution in [2.45, 2.75) is 11.4 Å². The van der Waals surface area contributed by atoms with Crippen LogP contribution in [0.1, 0.15) is 5.56 Å². The SMILES string of the molecule is CSc1ccc(CNc2cccc(Cl)c2Br)cc1. The van der Waals surface area contributed by atoms with Crippen molar-refractivity contribution in [2.75, 3.05) is 11.6 Å². The maximum Gasteiger partial charge on any atom is 0.0593 e. The predicted molar refractivity (Wildman–Crippen MR) is 84.7 cm³/mol. The number of halogens is 2. The molecule has 0 atom stereocenters. The molecule has 94 valence electrons. The van der Waals surface area contributed by atoms with E-state index in [2.05, 4.69) is 51.8 Å². The molecule has 0 unspecified atom stereocenters. The molecule has 0 aliphatic carbocycles. The fraction of sp³-hybridized carbons (Fsp3) is 0.143. The van der Waals surface area contributed by atoms with Gasteiger partial charge in [-0.15, -0.1) is 11.8 Å². The smallest absolute Gasteiger partial charge is 0.0593 e. The lowest BCUT2D eigenvalue weighted by atomic mass is 10.2. The minimum atomic E-state index is 0.720. The predicted octanol–water partition coefficient (Wildman–Crippen LogP) is 5.44. The number of hydrogen-bond donors (Lipinski definition) is 1. The molecule has 0 saturated carbocycles. The second-order valence-corrected chi connectivity index (χ2v) is 5.88. The Morgan fingerprint density at radius 1 is 1.17 bits per heavy atom. The van der Waals surface area contributed by atoms with E-state index in [1.807, 2.05) is 18.2 Å². The number of rotatable bonds is 4. The lowest BCUT2D eigenvalue weighted by Crippen LogP contribution is -1.99. The molecule has 2 aromatic carbocycles. The van der Waals surface area contributed by atoms with Crippen LogP contribution < -0.4 is 5.32 Å². The van der Waals surface area contributed by atoms with E-state index in [0.29, 0.717) is 0 Å². The fourth-order valence-electron chi connectivity index (χ4n) is 1.58. The summed E-state index contributed by atoms with van der Waals surface area (Å²) >= 11 is 11.3. The van der Waals surface area contributed by atoms with Crippen molar-refractivity contribution < 1.29 is 0 Å². The highest BCUT2D eigenvalue weighted by Crippen LogP contribution is 2.30. The molecular formula is C14H13BrClNS. The summed E-state index contributed by atoms with van der Waals surface area (Å²) in [6.07, 6.45) is 2.08. The Hall–Kier alpha value is -0.640. The van der Waals surface area contributed by atoms with E-state index in [9.17, 15) is 0 Å². The van der Waals surface area contributed by atoms with E-state index in [1.165, 1.54) is 10.5 Å². The van der Waals surface area contributed by atoms with Crippen LogP contribution in [0.4, 0.5) is 5.69 Å². The zero-order valence-corrected chi connectivity index (χ0v) is 13.1. The van der Waals surface area contributed by atoms with Crippen molar-refractivity contribution in [3.05, 3.63) is 57.5 Å². The summed E-state index contributed by atoms with van der Waals surface area (Å²) in [4.78, 5) is 1.28. The molecule has 0 spiro atoms. The third-order valence-corrected chi connectivity index (χ3v) is 4.73. The van der Waals surface area contributed by atoms with E-state index in [0.717, 1.165) is 21.7 Å². The summed E-state index contributed by atoms with van der Waals surface area (Å²) in [7, 11) is 0. The number of hydrogen-bond acceptors (Lipinski definition) is 2. The zero-order valence-electron chi connectivity index (χ0n) is 9.91. The molecule has 4 heteroatoms.